The summed E-state index contributed by atoms with van der Waals surface area (Å²) < 4.78 is 0. The maximum Gasteiger partial charge on any atom is 0.160 e. The second-order valence-electron chi connectivity index (χ2n) is 16.3. The summed E-state index contributed by atoms with van der Waals surface area (Å²) in [5.74, 6) is 1.38. The first-order valence-corrected chi connectivity index (χ1v) is 22.2. The molecule has 0 saturated carbocycles. The highest BCUT2D eigenvalue weighted by Gasteiger charge is 2.16. The molecule has 0 bridgehead atoms. The number of hydrogen-bond donors (Lipinski definition) is 0. The minimum atomic E-state index is 0.689. The van der Waals surface area contributed by atoms with Gasteiger partial charge < -0.3 is 0 Å². The minimum absolute atomic E-state index is 0.689. The molecule has 0 saturated heterocycles. The van der Waals surface area contributed by atoms with Gasteiger partial charge in [0.25, 0.3) is 0 Å². The molecule has 2 aromatic heterocycles. The minimum Gasteiger partial charge on any atom is -0.228 e. The molecule has 4 nitrogen and oxygen atoms in total. The summed E-state index contributed by atoms with van der Waals surface area (Å²) in [5.41, 5.74) is 18.4. The molecule has 0 atom stereocenters. The Morgan fingerprint density at radius 1 is 0.152 bits per heavy atom. The van der Waals surface area contributed by atoms with Gasteiger partial charge >= 0.3 is 0 Å². The van der Waals surface area contributed by atoms with Crippen LogP contribution in [-0.4, -0.2) is 19.9 Å². The molecular formula is C62H42N4. The second kappa shape index (κ2) is 18.1. The molecule has 4 heteroatoms. The topological polar surface area (TPSA) is 51.6 Å². The first-order valence-electron chi connectivity index (χ1n) is 22.2. The highest BCUT2D eigenvalue weighted by atomic mass is 14.9. The molecule has 0 unspecified atom stereocenters. The van der Waals surface area contributed by atoms with Crippen molar-refractivity contribution in [3.63, 3.8) is 0 Å². The number of aromatic nitrogens is 4. The van der Waals surface area contributed by atoms with Crippen LogP contribution < -0.4 is 0 Å². The number of benzene rings is 9. The van der Waals surface area contributed by atoms with Gasteiger partial charge in [0.05, 0.1) is 22.8 Å². The van der Waals surface area contributed by atoms with Gasteiger partial charge in [-0.3, -0.25) is 0 Å². The average Bonchev–Trinajstić information content (AvgIpc) is 3.42. The fourth-order valence-corrected chi connectivity index (χ4v) is 8.47. The Balaban J connectivity index is 1.03. The third-order valence-corrected chi connectivity index (χ3v) is 11.9. The van der Waals surface area contributed by atoms with Crippen LogP contribution in [0.2, 0.25) is 0 Å². The lowest BCUT2D eigenvalue weighted by atomic mass is 9.92. The molecule has 310 valence electrons. The molecule has 66 heavy (non-hydrogen) atoms. The van der Waals surface area contributed by atoms with Crippen LogP contribution in [0.15, 0.2) is 255 Å². The van der Waals surface area contributed by atoms with Gasteiger partial charge in [-0.1, -0.05) is 206 Å². The van der Waals surface area contributed by atoms with E-state index in [-0.39, 0.29) is 0 Å². The van der Waals surface area contributed by atoms with Gasteiger partial charge in [0.1, 0.15) is 0 Å². The molecule has 9 aromatic carbocycles. The van der Waals surface area contributed by atoms with E-state index in [2.05, 4.69) is 206 Å². The van der Waals surface area contributed by atoms with Crippen molar-refractivity contribution in [3.8, 4) is 112 Å². The Labute approximate surface area is 385 Å². The lowest BCUT2D eigenvalue weighted by molar-refractivity contribution is 1.18. The predicted molar refractivity (Wildman–Crippen MR) is 272 cm³/mol. The van der Waals surface area contributed by atoms with Crippen molar-refractivity contribution in [1.82, 2.24) is 19.9 Å². The number of hydrogen-bond acceptors (Lipinski definition) is 4. The molecule has 11 aromatic rings. The largest absolute Gasteiger partial charge is 0.228 e. The van der Waals surface area contributed by atoms with Crippen LogP contribution in [0.25, 0.3) is 112 Å². The van der Waals surface area contributed by atoms with E-state index in [0.717, 1.165) is 101 Å². The van der Waals surface area contributed by atoms with E-state index in [4.69, 9.17) is 19.9 Å². The van der Waals surface area contributed by atoms with Crippen molar-refractivity contribution < 1.29 is 0 Å². The van der Waals surface area contributed by atoms with E-state index in [0.29, 0.717) is 11.6 Å². The molecule has 11 rings (SSSR count). The summed E-state index contributed by atoms with van der Waals surface area (Å²) >= 11 is 0. The van der Waals surface area contributed by atoms with Crippen LogP contribution in [0.1, 0.15) is 0 Å². The van der Waals surface area contributed by atoms with Crippen LogP contribution in [0, 0.1) is 0 Å². The maximum atomic E-state index is 5.21. The number of nitrogens with zero attached hydrogens (tertiary/aromatic N) is 4. The van der Waals surface area contributed by atoms with Crippen molar-refractivity contribution in [2.45, 2.75) is 0 Å². The van der Waals surface area contributed by atoms with Crippen LogP contribution in [0.5, 0.6) is 0 Å². The van der Waals surface area contributed by atoms with Crippen molar-refractivity contribution in [2.75, 3.05) is 0 Å². The Morgan fingerprint density at radius 3 is 0.652 bits per heavy atom. The fraction of sp³-hybridized carbons (Fsp3) is 0. The second-order valence-corrected chi connectivity index (χ2v) is 16.3. The Morgan fingerprint density at radius 2 is 0.364 bits per heavy atom. The highest BCUT2D eigenvalue weighted by Crippen LogP contribution is 2.38. The first kappa shape index (κ1) is 40.0. The van der Waals surface area contributed by atoms with E-state index in [1.165, 1.54) is 0 Å². The quantitative estimate of drug-likeness (QED) is 0.138. The van der Waals surface area contributed by atoms with E-state index < -0.39 is 0 Å². The average molecular weight is 843 g/mol. The standard InChI is InChI=1S/C62H42N4/c1-7-19-43(20-8-1)51-35-53(39-55(37-51)59-41-57(47-23-11-3-12-24-47)63-61(65-59)49-27-15-5-16-28-49)45-31-33-46(34-32-45)54-36-52(44-21-9-2-10-22-44)38-56(40-54)60-42-58(48-25-13-4-14-26-48)64-62(66-60)50-29-17-6-18-30-50/h1-42H. The summed E-state index contributed by atoms with van der Waals surface area (Å²) in [7, 11) is 0. The monoisotopic (exact) mass is 842 g/mol. The van der Waals surface area contributed by atoms with Gasteiger partial charge in [-0.05, 0) is 93.0 Å². The van der Waals surface area contributed by atoms with Crippen LogP contribution in [-0.2, 0) is 0 Å². The number of rotatable bonds is 10. The molecule has 0 aliphatic rings. The van der Waals surface area contributed by atoms with E-state index in [1.54, 1.807) is 0 Å². The van der Waals surface area contributed by atoms with E-state index in [1.807, 2.05) is 48.5 Å². The third-order valence-electron chi connectivity index (χ3n) is 11.9. The third kappa shape index (κ3) is 8.59. The summed E-state index contributed by atoms with van der Waals surface area (Å²) in [6.45, 7) is 0. The lowest BCUT2D eigenvalue weighted by Gasteiger charge is -2.14. The predicted octanol–water partition coefficient (Wildman–Crippen LogP) is 15.9. The van der Waals surface area contributed by atoms with Crippen LogP contribution in [0.3, 0.4) is 0 Å². The summed E-state index contributed by atoms with van der Waals surface area (Å²) in [6.07, 6.45) is 0. The molecule has 2 heterocycles. The van der Waals surface area contributed by atoms with Crippen molar-refractivity contribution in [1.29, 1.82) is 0 Å². The van der Waals surface area contributed by atoms with Gasteiger partial charge in [0.15, 0.2) is 11.6 Å². The zero-order valence-corrected chi connectivity index (χ0v) is 36.0. The Hall–Kier alpha value is -8.86. The van der Waals surface area contributed by atoms with Crippen molar-refractivity contribution in [3.05, 3.63) is 255 Å². The molecule has 0 spiro atoms. The van der Waals surface area contributed by atoms with Gasteiger partial charge in [-0.25, -0.2) is 19.9 Å². The summed E-state index contributed by atoms with van der Waals surface area (Å²) in [6, 6.07) is 88.9. The van der Waals surface area contributed by atoms with Gasteiger partial charge in [0.2, 0.25) is 0 Å². The maximum absolute atomic E-state index is 5.21. The molecule has 0 aliphatic heterocycles. The van der Waals surface area contributed by atoms with Gasteiger partial charge in [-0.15, -0.1) is 0 Å². The van der Waals surface area contributed by atoms with Crippen molar-refractivity contribution >= 4 is 0 Å². The SMILES string of the molecule is c1ccc(-c2cc(-c3ccc(-c4cc(-c5ccccc5)cc(-c5cc(-c6ccccc6)nc(-c6ccccc6)n5)c4)cc3)cc(-c3cc(-c4ccccc4)nc(-c4ccccc4)n3)c2)cc1. The Bertz CT molecular complexity index is 3070. The highest BCUT2D eigenvalue weighted by molar-refractivity contribution is 5.85. The van der Waals surface area contributed by atoms with Crippen LogP contribution >= 0.6 is 0 Å². The van der Waals surface area contributed by atoms with Gasteiger partial charge in [0, 0.05) is 33.4 Å². The smallest absolute Gasteiger partial charge is 0.160 e. The van der Waals surface area contributed by atoms with Crippen molar-refractivity contribution in [2.24, 2.45) is 0 Å². The molecule has 0 radical (unpaired) electrons. The molecule has 0 aliphatic carbocycles. The summed E-state index contributed by atoms with van der Waals surface area (Å²) in [4.78, 5) is 20.6. The zero-order chi connectivity index (χ0) is 44.1. The Kier molecular flexibility index (Phi) is 10.9. The molecular weight excluding hydrogens is 801 g/mol. The zero-order valence-electron chi connectivity index (χ0n) is 36.0. The summed E-state index contributed by atoms with van der Waals surface area (Å²) in [5, 5.41) is 0. The van der Waals surface area contributed by atoms with E-state index >= 15 is 0 Å². The molecule has 0 N–H and O–H groups in total. The van der Waals surface area contributed by atoms with Crippen LogP contribution in [0.4, 0.5) is 0 Å². The molecule has 0 amide bonds. The normalized spacial score (nSPS) is 11.0. The first-order chi connectivity index (χ1) is 32.7. The van der Waals surface area contributed by atoms with E-state index in [9.17, 15) is 0 Å². The lowest BCUT2D eigenvalue weighted by Crippen LogP contribution is -1.96. The fourth-order valence-electron chi connectivity index (χ4n) is 8.47. The van der Waals surface area contributed by atoms with Gasteiger partial charge in [-0.2, -0.15) is 0 Å². The molecule has 0 fully saturated rings.